The number of phenols is 1. The number of hydrogen-bond donors (Lipinski definition) is 1. The molecule has 0 bridgehead atoms. The Hall–Kier alpha value is -2.15. The molecule has 0 heterocycles. The van der Waals surface area contributed by atoms with Crippen LogP contribution in [0, 0.1) is 12.3 Å². The number of aromatic hydroxyl groups is 1. The van der Waals surface area contributed by atoms with Crippen LogP contribution in [0.15, 0.2) is 24.3 Å². The van der Waals surface area contributed by atoms with Crippen molar-refractivity contribution in [2.24, 2.45) is 0 Å². The Morgan fingerprint density at radius 3 is 2.56 bits per heavy atom. The molecule has 0 spiro atoms. The molecule has 1 N–H and O–H groups in total. The first kappa shape index (κ1) is 13.9. The fourth-order valence-electron chi connectivity index (χ4n) is 1.35. The highest BCUT2D eigenvalue weighted by Gasteiger charge is 2.24. The number of hydrogen-bond acceptors (Lipinski definition) is 3. The molecule has 18 heavy (non-hydrogen) atoms. The first-order valence-corrected chi connectivity index (χ1v) is 5.57. The smallest absolute Gasteiger partial charge is 0.415 e. The molecule has 0 aliphatic rings. The van der Waals surface area contributed by atoms with E-state index in [0.29, 0.717) is 5.69 Å². The molecule has 0 aliphatic carbocycles. The van der Waals surface area contributed by atoms with Gasteiger partial charge in [0.1, 0.15) is 11.4 Å². The molecule has 0 radical (unpaired) electrons. The third kappa shape index (κ3) is 3.70. The zero-order valence-electron chi connectivity index (χ0n) is 10.8. The van der Waals surface area contributed by atoms with Crippen LogP contribution in [0.5, 0.6) is 5.75 Å². The van der Waals surface area contributed by atoms with Gasteiger partial charge in [0, 0.05) is 0 Å². The van der Waals surface area contributed by atoms with Crippen LogP contribution in [-0.2, 0) is 4.74 Å². The van der Waals surface area contributed by atoms with Gasteiger partial charge in [0.25, 0.3) is 0 Å². The van der Waals surface area contributed by atoms with E-state index in [0.717, 1.165) is 0 Å². The van der Waals surface area contributed by atoms with Gasteiger partial charge >= 0.3 is 6.09 Å². The number of carbonyl (C=O) groups is 1. The highest BCUT2D eigenvalue weighted by atomic mass is 16.6. The summed E-state index contributed by atoms with van der Waals surface area (Å²) in [5, 5.41) is 9.74. The Balaban J connectivity index is 3.01. The van der Waals surface area contributed by atoms with Crippen LogP contribution in [0.3, 0.4) is 0 Å². The fourth-order valence-corrected chi connectivity index (χ4v) is 1.35. The van der Waals surface area contributed by atoms with E-state index >= 15 is 0 Å². The van der Waals surface area contributed by atoms with Crippen molar-refractivity contribution in [2.75, 3.05) is 11.4 Å². The maximum absolute atomic E-state index is 12.0. The SMILES string of the molecule is C#CCN(C(=O)OC(C)(C)C)c1ccccc1O. The molecule has 0 fully saturated rings. The van der Waals surface area contributed by atoms with Gasteiger partial charge in [-0.15, -0.1) is 6.42 Å². The lowest BCUT2D eigenvalue weighted by atomic mass is 10.2. The van der Waals surface area contributed by atoms with E-state index in [1.54, 1.807) is 39.0 Å². The van der Waals surface area contributed by atoms with Crippen LogP contribution in [-0.4, -0.2) is 23.3 Å². The molecule has 1 amide bonds. The molecule has 0 aromatic heterocycles. The molecule has 0 atom stereocenters. The Kier molecular flexibility index (Phi) is 4.22. The first-order valence-electron chi connectivity index (χ1n) is 5.57. The minimum absolute atomic E-state index is 0.0152. The van der Waals surface area contributed by atoms with Crippen LogP contribution in [0.4, 0.5) is 10.5 Å². The Bertz CT molecular complexity index is 469. The summed E-state index contributed by atoms with van der Waals surface area (Å²) in [6.07, 6.45) is 4.66. The third-order valence-electron chi connectivity index (χ3n) is 2.04. The number of benzene rings is 1. The molecule has 1 aromatic rings. The lowest BCUT2D eigenvalue weighted by molar-refractivity contribution is 0.0584. The highest BCUT2D eigenvalue weighted by molar-refractivity contribution is 5.90. The molecule has 1 aromatic carbocycles. The number of anilines is 1. The first-order chi connectivity index (χ1) is 8.35. The Morgan fingerprint density at radius 1 is 1.44 bits per heavy atom. The van der Waals surface area contributed by atoms with E-state index in [9.17, 15) is 9.90 Å². The van der Waals surface area contributed by atoms with E-state index in [2.05, 4.69) is 5.92 Å². The summed E-state index contributed by atoms with van der Waals surface area (Å²) in [6.45, 7) is 5.34. The van der Waals surface area contributed by atoms with E-state index in [1.165, 1.54) is 11.0 Å². The molecule has 4 nitrogen and oxygen atoms in total. The molecule has 4 heteroatoms. The van der Waals surface area contributed by atoms with Crippen molar-refractivity contribution < 1.29 is 14.6 Å². The summed E-state index contributed by atoms with van der Waals surface area (Å²) in [7, 11) is 0. The van der Waals surface area contributed by atoms with Crippen molar-refractivity contribution in [3.8, 4) is 18.1 Å². The predicted octanol–water partition coefficient (Wildman–Crippen LogP) is 2.77. The molecule has 0 saturated carbocycles. The minimum atomic E-state index is -0.617. The second kappa shape index (κ2) is 5.46. The number of para-hydroxylation sites is 2. The van der Waals surface area contributed by atoms with Gasteiger partial charge in [0.2, 0.25) is 0 Å². The summed E-state index contributed by atoms with van der Waals surface area (Å²) in [5.74, 6) is 2.36. The van der Waals surface area contributed by atoms with Crippen LogP contribution in [0.1, 0.15) is 20.8 Å². The van der Waals surface area contributed by atoms with Gasteiger partial charge in [0.05, 0.1) is 12.2 Å². The van der Waals surface area contributed by atoms with Crippen molar-refractivity contribution in [3.63, 3.8) is 0 Å². The van der Waals surface area contributed by atoms with Crippen LogP contribution >= 0.6 is 0 Å². The lowest BCUT2D eigenvalue weighted by Crippen LogP contribution is -2.37. The van der Waals surface area contributed by atoms with Gasteiger partial charge in [-0.05, 0) is 32.9 Å². The minimum Gasteiger partial charge on any atom is -0.506 e. The highest BCUT2D eigenvalue weighted by Crippen LogP contribution is 2.27. The molecule has 0 aliphatic heterocycles. The summed E-state index contributed by atoms with van der Waals surface area (Å²) in [4.78, 5) is 13.2. The topological polar surface area (TPSA) is 49.8 Å². The number of amides is 1. The van der Waals surface area contributed by atoms with Crippen molar-refractivity contribution in [1.29, 1.82) is 0 Å². The summed E-state index contributed by atoms with van der Waals surface area (Å²) < 4.78 is 5.24. The van der Waals surface area contributed by atoms with E-state index < -0.39 is 11.7 Å². The zero-order valence-corrected chi connectivity index (χ0v) is 10.8. The number of carbonyl (C=O) groups excluding carboxylic acids is 1. The van der Waals surface area contributed by atoms with Crippen molar-refractivity contribution in [3.05, 3.63) is 24.3 Å². The standard InChI is InChI=1S/C14H17NO3/c1-5-10-15(13(17)18-14(2,3)4)11-8-6-7-9-12(11)16/h1,6-9,16H,10H2,2-4H3. The van der Waals surface area contributed by atoms with Crippen LogP contribution in [0.25, 0.3) is 0 Å². The van der Waals surface area contributed by atoms with Crippen LogP contribution in [0.2, 0.25) is 0 Å². The molecule has 0 saturated heterocycles. The molecular formula is C14H17NO3. The quantitative estimate of drug-likeness (QED) is 0.817. The normalized spacial score (nSPS) is 10.6. The Morgan fingerprint density at radius 2 is 2.06 bits per heavy atom. The largest absolute Gasteiger partial charge is 0.506 e. The van der Waals surface area contributed by atoms with Crippen molar-refractivity contribution in [1.82, 2.24) is 0 Å². The van der Waals surface area contributed by atoms with Crippen molar-refractivity contribution >= 4 is 11.8 Å². The summed E-state index contributed by atoms with van der Waals surface area (Å²) in [6, 6.07) is 6.48. The number of nitrogens with zero attached hydrogens (tertiary/aromatic N) is 1. The Labute approximate surface area is 107 Å². The van der Waals surface area contributed by atoms with Gasteiger partial charge in [-0.25, -0.2) is 4.79 Å². The average molecular weight is 247 g/mol. The van der Waals surface area contributed by atoms with Gasteiger partial charge in [-0.3, -0.25) is 4.90 Å². The van der Waals surface area contributed by atoms with E-state index in [1.807, 2.05) is 0 Å². The second-order valence-corrected chi connectivity index (χ2v) is 4.76. The predicted molar refractivity (Wildman–Crippen MR) is 70.5 cm³/mol. The van der Waals surface area contributed by atoms with E-state index in [4.69, 9.17) is 11.2 Å². The average Bonchev–Trinajstić information content (AvgIpc) is 2.24. The van der Waals surface area contributed by atoms with E-state index in [-0.39, 0.29) is 12.3 Å². The molecular weight excluding hydrogens is 230 g/mol. The summed E-state index contributed by atoms with van der Waals surface area (Å²) >= 11 is 0. The zero-order chi connectivity index (χ0) is 13.8. The van der Waals surface area contributed by atoms with Gasteiger partial charge in [0.15, 0.2) is 0 Å². The van der Waals surface area contributed by atoms with Gasteiger partial charge in [-0.1, -0.05) is 18.1 Å². The third-order valence-corrected chi connectivity index (χ3v) is 2.04. The fraction of sp³-hybridized carbons (Fsp3) is 0.357. The van der Waals surface area contributed by atoms with Gasteiger partial charge in [-0.2, -0.15) is 0 Å². The number of terminal acetylenes is 1. The molecule has 96 valence electrons. The monoisotopic (exact) mass is 247 g/mol. The number of rotatable bonds is 2. The number of phenolic OH excluding ortho intramolecular Hbond substituents is 1. The maximum atomic E-state index is 12.0. The van der Waals surface area contributed by atoms with Crippen LogP contribution < -0.4 is 4.90 Å². The molecule has 1 rings (SSSR count). The van der Waals surface area contributed by atoms with Gasteiger partial charge < -0.3 is 9.84 Å². The summed E-state index contributed by atoms with van der Waals surface area (Å²) in [5.41, 5.74) is -0.279. The van der Waals surface area contributed by atoms with Crippen molar-refractivity contribution in [2.45, 2.75) is 26.4 Å². The molecule has 0 unspecified atom stereocenters. The number of ether oxygens (including phenoxy) is 1. The maximum Gasteiger partial charge on any atom is 0.415 e. The lowest BCUT2D eigenvalue weighted by Gasteiger charge is -2.26. The second-order valence-electron chi connectivity index (χ2n) is 4.76.